The maximum Gasteiger partial charge on any atom is 0.224 e. The molecule has 1 N–H and O–H groups in total. The van der Waals surface area contributed by atoms with Gasteiger partial charge < -0.3 is 5.32 Å². The van der Waals surface area contributed by atoms with Gasteiger partial charge in [-0.15, -0.1) is 0 Å². The molecular weight excluding hydrogens is 326 g/mol. The first-order chi connectivity index (χ1) is 10.2. The van der Waals surface area contributed by atoms with Crippen LogP contribution in [0.2, 0.25) is 0 Å². The van der Waals surface area contributed by atoms with Crippen molar-refractivity contribution >= 4 is 21.8 Å². The second-order valence-electron chi connectivity index (χ2n) is 7.11. The number of carbonyl (C=O) groups is 1. The van der Waals surface area contributed by atoms with E-state index >= 15 is 0 Å². The van der Waals surface area contributed by atoms with E-state index in [0.717, 1.165) is 18.3 Å². The summed E-state index contributed by atoms with van der Waals surface area (Å²) in [6.07, 6.45) is 6.08. The number of nitrogens with one attached hydrogen (secondary N) is 1. The Labute approximate surface area is 134 Å². The fourth-order valence-corrected chi connectivity index (χ4v) is 5.05. The van der Waals surface area contributed by atoms with Gasteiger partial charge in [0.05, 0.1) is 0 Å². The van der Waals surface area contributed by atoms with Gasteiger partial charge in [0.1, 0.15) is 0 Å². The molecule has 2 saturated carbocycles. The van der Waals surface area contributed by atoms with Crippen molar-refractivity contribution < 1.29 is 4.79 Å². The lowest BCUT2D eigenvalue weighted by atomic mass is 9.92. The number of benzene rings is 1. The summed E-state index contributed by atoms with van der Waals surface area (Å²) >= 11 is 3.53. The maximum atomic E-state index is 12.5. The Kier molecular flexibility index (Phi) is 3.36. The smallest absolute Gasteiger partial charge is 0.224 e. The summed E-state index contributed by atoms with van der Waals surface area (Å²) < 4.78 is 0. The van der Waals surface area contributed by atoms with Gasteiger partial charge in [0.25, 0.3) is 0 Å². The van der Waals surface area contributed by atoms with Crippen LogP contribution in [0.3, 0.4) is 0 Å². The van der Waals surface area contributed by atoms with Crippen molar-refractivity contribution in [3.05, 3.63) is 35.4 Å². The lowest BCUT2D eigenvalue weighted by Gasteiger charge is -2.14. The predicted octanol–water partition coefficient (Wildman–Crippen LogP) is 3.64. The van der Waals surface area contributed by atoms with Crippen molar-refractivity contribution in [3.8, 4) is 0 Å². The van der Waals surface area contributed by atoms with Crippen LogP contribution in [0.1, 0.15) is 42.7 Å². The number of hydrogen-bond acceptors (Lipinski definition) is 1. The summed E-state index contributed by atoms with van der Waals surface area (Å²) in [5.41, 5.74) is 3.32. The maximum absolute atomic E-state index is 12.5. The fraction of sp³-hybridized carbons (Fsp3) is 0.611. The normalized spacial score (nSPS) is 31.0. The number of halogens is 1. The molecule has 0 heterocycles. The van der Waals surface area contributed by atoms with E-state index in [1.54, 1.807) is 0 Å². The van der Waals surface area contributed by atoms with E-state index in [-0.39, 0.29) is 5.92 Å². The summed E-state index contributed by atoms with van der Waals surface area (Å²) in [7, 11) is 0. The lowest BCUT2D eigenvalue weighted by molar-refractivity contribution is -0.123. The highest BCUT2D eigenvalue weighted by Gasteiger charge is 2.57. The van der Waals surface area contributed by atoms with E-state index in [1.165, 1.54) is 36.8 Å². The molecule has 1 aromatic rings. The van der Waals surface area contributed by atoms with Gasteiger partial charge in [0, 0.05) is 17.8 Å². The van der Waals surface area contributed by atoms with Gasteiger partial charge in [0.15, 0.2) is 0 Å². The molecule has 3 heteroatoms. The largest absolute Gasteiger partial charge is 0.355 e. The molecule has 0 saturated heterocycles. The number of rotatable bonds is 5. The Bertz CT molecular complexity index is 566. The van der Waals surface area contributed by atoms with Gasteiger partial charge in [-0.05, 0) is 60.5 Å². The van der Waals surface area contributed by atoms with Crippen molar-refractivity contribution in [2.24, 2.45) is 17.3 Å². The zero-order chi connectivity index (χ0) is 14.4. The van der Waals surface area contributed by atoms with Crippen molar-refractivity contribution in [2.45, 2.75) is 38.0 Å². The van der Waals surface area contributed by atoms with Crippen LogP contribution >= 0.6 is 15.9 Å². The van der Waals surface area contributed by atoms with Crippen LogP contribution in [-0.4, -0.2) is 17.8 Å². The highest BCUT2D eigenvalue weighted by Crippen LogP contribution is 2.60. The number of aryl methyl sites for hydroxylation is 1. The Hall–Kier alpha value is -0.830. The number of amides is 1. The van der Waals surface area contributed by atoms with Crippen molar-refractivity contribution in [3.63, 3.8) is 0 Å². The first-order valence-electron chi connectivity index (χ1n) is 8.16. The van der Waals surface area contributed by atoms with Crippen molar-refractivity contribution in [1.82, 2.24) is 5.32 Å². The third-order valence-electron chi connectivity index (χ3n) is 5.85. The summed E-state index contributed by atoms with van der Waals surface area (Å²) in [5, 5.41) is 4.31. The molecule has 112 valence electrons. The van der Waals surface area contributed by atoms with Crippen LogP contribution in [0.15, 0.2) is 24.3 Å². The number of fused-ring (bicyclic) bond motifs is 3. The zero-order valence-corrected chi connectivity index (χ0v) is 13.9. The number of hydrogen-bond donors (Lipinski definition) is 1. The van der Waals surface area contributed by atoms with Crippen LogP contribution in [0.25, 0.3) is 0 Å². The Balaban J connectivity index is 1.40. The van der Waals surface area contributed by atoms with Gasteiger partial charge in [-0.25, -0.2) is 0 Å². The first kappa shape index (κ1) is 13.8. The standard InChI is InChI=1S/C18H22BrNO/c19-10-9-18(7-8-18)11-20-17(21)16-14-6-5-12-3-1-2-4-13(12)15(14)16/h1-4,14-16H,5-11H2,(H,20,21). The van der Waals surface area contributed by atoms with Crippen LogP contribution < -0.4 is 5.32 Å². The Morgan fingerprint density at radius 1 is 1.33 bits per heavy atom. The van der Waals surface area contributed by atoms with Gasteiger partial charge in [-0.3, -0.25) is 4.79 Å². The number of carbonyl (C=O) groups excluding carboxylic acids is 1. The van der Waals surface area contributed by atoms with E-state index in [1.807, 2.05) is 0 Å². The summed E-state index contributed by atoms with van der Waals surface area (Å²) in [6.45, 7) is 0.884. The first-order valence-corrected chi connectivity index (χ1v) is 9.28. The van der Waals surface area contributed by atoms with Gasteiger partial charge in [-0.1, -0.05) is 40.2 Å². The molecule has 0 radical (unpaired) electrons. The second kappa shape index (κ2) is 5.12. The van der Waals surface area contributed by atoms with E-state index in [0.29, 0.717) is 23.2 Å². The SMILES string of the molecule is O=C(NCC1(CCBr)CC1)C1C2CCc3ccccc3C21. The molecule has 3 aliphatic rings. The third-order valence-corrected chi connectivity index (χ3v) is 6.25. The molecule has 3 unspecified atom stereocenters. The predicted molar refractivity (Wildman–Crippen MR) is 87.6 cm³/mol. The molecular formula is C18H22BrNO. The molecule has 1 amide bonds. The molecule has 3 atom stereocenters. The minimum Gasteiger partial charge on any atom is -0.355 e. The molecule has 21 heavy (non-hydrogen) atoms. The molecule has 0 aliphatic heterocycles. The molecule has 2 nitrogen and oxygen atoms in total. The second-order valence-corrected chi connectivity index (χ2v) is 7.90. The molecule has 0 spiro atoms. The summed E-state index contributed by atoms with van der Waals surface area (Å²) in [4.78, 5) is 12.5. The summed E-state index contributed by atoms with van der Waals surface area (Å²) in [5.74, 6) is 1.66. The van der Waals surface area contributed by atoms with Gasteiger partial charge in [0.2, 0.25) is 5.91 Å². The van der Waals surface area contributed by atoms with E-state index < -0.39 is 0 Å². The average Bonchev–Trinajstić information content (AvgIpc) is 3.40. The van der Waals surface area contributed by atoms with E-state index in [9.17, 15) is 4.79 Å². The number of alkyl halides is 1. The van der Waals surface area contributed by atoms with E-state index in [4.69, 9.17) is 0 Å². The topological polar surface area (TPSA) is 29.1 Å². The molecule has 3 aliphatic carbocycles. The Morgan fingerprint density at radius 2 is 2.14 bits per heavy atom. The fourth-order valence-electron chi connectivity index (χ4n) is 4.21. The van der Waals surface area contributed by atoms with Crippen LogP contribution in [0.5, 0.6) is 0 Å². The van der Waals surface area contributed by atoms with Crippen LogP contribution in [0, 0.1) is 17.3 Å². The lowest BCUT2D eigenvalue weighted by Crippen LogP contribution is -2.32. The highest BCUT2D eigenvalue weighted by atomic mass is 79.9. The molecule has 2 fully saturated rings. The van der Waals surface area contributed by atoms with Crippen LogP contribution in [-0.2, 0) is 11.2 Å². The zero-order valence-electron chi connectivity index (χ0n) is 12.3. The van der Waals surface area contributed by atoms with E-state index in [2.05, 4.69) is 45.5 Å². The minimum absolute atomic E-state index is 0.244. The Morgan fingerprint density at radius 3 is 2.90 bits per heavy atom. The summed E-state index contributed by atoms with van der Waals surface area (Å²) in [6, 6.07) is 8.69. The van der Waals surface area contributed by atoms with Gasteiger partial charge in [-0.2, -0.15) is 0 Å². The quantitative estimate of drug-likeness (QED) is 0.809. The molecule has 4 rings (SSSR count). The van der Waals surface area contributed by atoms with Crippen LogP contribution in [0.4, 0.5) is 0 Å². The minimum atomic E-state index is 0.244. The monoisotopic (exact) mass is 347 g/mol. The molecule has 0 bridgehead atoms. The van der Waals surface area contributed by atoms with Gasteiger partial charge >= 0.3 is 0 Å². The third kappa shape index (κ3) is 2.44. The average molecular weight is 348 g/mol. The van der Waals surface area contributed by atoms with Crippen molar-refractivity contribution in [1.29, 1.82) is 0 Å². The van der Waals surface area contributed by atoms with Crippen molar-refractivity contribution in [2.75, 3.05) is 11.9 Å². The molecule has 1 aromatic carbocycles. The highest BCUT2D eigenvalue weighted by molar-refractivity contribution is 9.09. The molecule has 0 aromatic heterocycles.